The van der Waals surface area contributed by atoms with E-state index in [9.17, 15) is 0 Å². The molecule has 2 nitrogen and oxygen atoms in total. The summed E-state index contributed by atoms with van der Waals surface area (Å²) in [7, 11) is 0. The largest absolute Gasteiger partial charge is 0.305 e. The zero-order valence-corrected chi connectivity index (χ0v) is 9.28. The van der Waals surface area contributed by atoms with Crippen LogP contribution in [-0.2, 0) is 0 Å². The van der Waals surface area contributed by atoms with Crippen molar-refractivity contribution in [1.82, 2.24) is 10.3 Å². The zero-order valence-electron chi connectivity index (χ0n) is 6.88. The highest BCUT2D eigenvalue weighted by atomic mass is 79.9. The van der Waals surface area contributed by atoms with Crippen LogP contribution in [0.1, 0.15) is 30.8 Å². The van der Waals surface area contributed by atoms with Gasteiger partial charge < -0.3 is 5.32 Å². The predicted octanol–water partition coefficient (Wildman–Crippen LogP) is 2.72. The molecule has 1 aromatic rings. The van der Waals surface area contributed by atoms with Crippen molar-refractivity contribution < 1.29 is 0 Å². The van der Waals surface area contributed by atoms with Gasteiger partial charge in [0.1, 0.15) is 5.01 Å². The lowest BCUT2D eigenvalue weighted by Crippen LogP contribution is -2.20. The first-order chi connectivity index (χ1) is 5.75. The van der Waals surface area contributed by atoms with Crippen molar-refractivity contribution in [2.24, 2.45) is 0 Å². The standard InChI is InChI=1S/C8H11BrN2S/c1-5(11-6-2-3-6)8-10-4-7(9)12-8/h4-6,11H,2-3H2,1H3. The molecule has 1 fully saturated rings. The molecular formula is C8H11BrN2S. The molecule has 12 heavy (non-hydrogen) atoms. The van der Waals surface area contributed by atoms with Gasteiger partial charge in [-0.25, -0.2) is 4.98 Å². The summed E-state index contributed by atoms with van der Waals surface area (Å²) in [6.07, 6.45) is 4.53. The first-order valence-corrected chi connectivity index (χ1v) is 5.74. The first kappa shape index (κ1) is 8.66. The molecule has 0 amide bonds. The van der Waals surface area contributed by atoms with Crippen LogP contribution in [0.3, 0.4) is 0 Å². The lowest BCUT2D eigenvalue weighted by molar-refractivity contribution is 0.568. The average molecular weight is 247 g/mol. The van der Waals surface area contributed by atoms with Gasteiger partial charge >= 0.3 is 0 Å². The Morgan fingerprint density at radius 2 is 2.50 bits per heavy atom. The van der Waals surface area contributed by atoms with Gasteiger partial charge in [0.15, 0.2) is 0 Å². The molecule has 66 valence electrons. The summed E-state index contributed by atoms with van der Waals surface area (Å²) < 4.78 is 1.11. The summed E-state index contributed by atoms with van der Waals surface area (Å²) in [5, 5.41) is 4.69. The smallest absolute Gasteiger partial charge is 0.110 e. The minimum atomic E-state index is 0.411. The van der Waals surface area contributed by atoms with E-state index >= 15 is 0 Å². The molecule has 1 saturated carbocycles. The zero-order chi connectivity index (χ0) is 8.55. The second-order valence-electron chi connectivity index (χ2n) is 3.17. The van der Waals surface area contributed by atoms with Crippen LogP contribution >= 0.6 is 27.3 Å². The van der Waals surface area contributed by atoms with Gasteiger partial charge in [0.2, 0.25) is 0 Å². The molecule has 1 aliphatic rings. The third-order valence-corrected chi connectivity index (χ3v) is 3.59. The number of nitrogens with one attached hydrogen (secondary N) is 1. The molecule has 1 aromatic heterocycles. The van der Waals surface area contributed by atoms with Crippen LogP contribution < -0.4 is 5.32 Å². The Morgan fingerprint density at radius 3 is 3.00 bits per heavy atom. The van der Waals surface area contributed by atoms with Crippen LogP contribution in [0.4, 0.5) is 0 Å². The van der Waals surface area contributed by atoms with Crippen molar-refractivity contribution >= 4 is 27.3 Å². The second-order valence-corrected chi connectivity index (χ2v) is 5.61. The molecule has 0 aliphatic heterocycles. The summed E-state index contributed by atoms with van der Waals surface area (Å²) in [5.41, 5.74) is 0. The quantitative estimate of drug-likeness (QED) is 0.888. The van der Waals surface area contributed by atoms with Crippen LogP contribution in [0.5, 0.6) is 0 Å². The number of hydrogen-bond acceptors (Lipinski definition) is 3. The molecule has 4 heteroatoms. The molecule has 1 heterocycles. The molecule has 0 spiro atoms. The van der Waals surface area contributed by atoms with Gasteiger partial charge in [-0.3, -0.25) is 0 Å². The van der Waals surface area contributed by atoms with Gasteiger partial charge in [0.25, 0.3) is 0 Å². The number of nitrogens with zero attached hydrogens (tertiary/aromatic N) is 1. The molecule has 2 rings (SSSR count). The van der Waals surface area contributed by atoms with E-state index in [1.54, 1.807) is 11.3 Å². The maximum atomic E-state index is 4.31. The summed E-state index contributed by atoms with van der Waals surface area (Å²) in [6.45, 7) is 2.17. The van der Waals surface area contributed by atoms with E-state index < -0.39 is 0 Å². The SMILES string of the molecule is CC(NC1CC1)c1ncc(Br)s1. The van der Waals surface area contributed by atoms with Crippen molar-refractivity contribution in [2.75, 3.05) is 0 Å². The highest BCUT2D eigenvalue weighted by Gasteiger charge is 2.24. The van der Waals surface area contributed by atoms with E-state index in [2.05, 4.69) is 33.2 Å². The summed E-state index contributed by atoms with van der Waals surface area (Å²) in [6, 6.07) is 1.16. The highest BCUT2D eigenvalue weighted by molar-refractivity contribution is 9.11. The lowest BCUT2D eigenvalue weighted by atomic mass is 10.3. The van der Waals surface area contributed by atoms with Gasteiger partial charge in [0, 0.05) is 6.04 Å². The van der Waals surface area contributed by atoms with E-state index in [1.165, 1.54) is 17.8 Å². The summed E-state index contributed by atoms with van der Waals surface area (Å²) >= 11 is 5.12. The van der Waals surface area contributed by atoms with Crippen LogP contribution in [0, 0.1) is 0 Å². The van der Waals surface area contributed by atoms with Crippen molar-refractivity contribution in [3.63, 3.8) is 0 Å². The van der Waals surface area contributed by atoms with Crippen molar-refractivity contribution in [3.05, 3.63) is 15.0 Å². The van der Waals surface area contributed by atoms with E-state index in [0.717, 1.165) is 9.83 Å². The Kier molecular flexibility index (Phi) is 2.48. The van der Waals surface area contributed by atoms with E-state index in [-0.39, 0.29) is 0 Å². The van der Waals surface area contributed by atoms with E-state index in [1.807, 2.05) is 6.20 Å². The minimum absolute atomic E-state index is 0.411. The van der Waals surface area contributed by atoms with Gasteiger partial charge in [-0.1, -0.05) is 0 Å². The maximum Gasteiger partial charge on any atom is 0.110 e. The molecule has 1 unspecified atom stereocenters. The molecule has 0 aromatic carbocycles. The maximum absolute atomic E-state index is 4.31. The molecule has 1 aliphatic carbocycles. The second kappa shape index (κ2) is 3.44. The summed E-state index contributed by atoms with van der Waals surface area (Å²) in [5.74, 6) is 0. The molecule has 0 saturated heterocycles. The van der Waals surface area contributed by atoms with E-state index in [0.29, 0.717) is 6.04 Å². The molecule has 0 bridgehead atoms. The third-order valence-electron chi connectivity index (χ3n) is 1.93. The van der Waals surface area contributed by atoms with Crippen molar-refractivity contribution in [1.29, 1.82) is 0 Å². The first-order valence-electron chi connectivity index (χ1n) is 4.13. The van der Waals surface area contributed by atoms with Crippen LogP contribution in [0.2, 0.25) is 0 Å². The predicted molar refractivity (Wildman–Crippen MR) is 54.4 cm³/mol. The topological polar surface area (TPSA) is 24.9 Å². The third kappa shape index (κ3) is 2.06. The van der Waals surface area contributed by atoms with E-state index in [4.69, 9.17) is 0 Å². The Balaban J connectivity index is 1.97. The Hall–Kier alpha value is 0.0700. The van der Waals surface area contributed by atoms with Gasteiger partial charge in [-0.15, -0.1) is 11.3 Å². The molecule has 1 atom stereocenters. The number of thiazole rings is 1. The molecular weight excluding hydrogens is 236 g/mol. The van der Waals surface area contributed by atoms with Crippen molar-refractivity contribution in [3.8, 4) is 0 Å². The number of hydrogen-bond donors (Lipinski definition) is 1. The van der Waals surface area contributed by atoms with Gasteiger partial charge in [-0.2, -0.15) is 0 Å². The van der Waals surface area contributed by atoms with Gasteiger partial charge in [-0.05, 0) is 35.7 Å². The van der Waals surface area contributed by atoms with Crippen LogP contribution in [-0.4, -0.2) is 11.0 Å². The normalized spacial score (nSPS) is 19.5. The van der Waals surface area contributed by atoms with Crippen LogP contribution in [0.15, 0.2) is 9.98 Å². The highest BCUT2D eigenvalue weighted by Crippen LogP contribution is 2.27. The fourth-order valence-corrected chi connectivity index (χ4v) is 2.40. The fraction of sp³-hybridized carbons (Fsp3) is 0.625. The summed E-state index contributed by atoms with van der Waals surface area (Å²) in [4.78, 5) is 4.31. The monoisotopic (exact) mass is 246 g/mol. The lowest BCUT2D eigenvalue weighted by Gasteiger charge is -2.08. The Bertz CT molecular complexity index is 270. The fourth-order valence-electron chi connectivity index (χ4n) is 1.14. The number of aromatic nitrogens is 1. The van der Waals surface area contributed by atoms with Gasteiger partial charge in [0.05, 0.1) is 16.0 Å². The molecule has 0 radical (unpaired) electrons. The van der Waals surface area contributed by atoms with Crippen molar-refractivity contribution in [2.45, 2.75) is 31.8 Å². The Morgan fingerprint density at radius 1 is 1.75 bits per heavy atom. The van der Waals surface area contributed by atoms with Crippen LogP contribution in [0.25, 0.3) is 0 Å². The minimum Gasteiger partial charge on any atom is -0.305 e. The number of halogens is 1. The number of rotatable bonds is 3. The molecule has 1 N–H and O–H groups in total. The average Bonchev–Trinajstić information content (AvgIpc) is 2.72. The Labute approximate surface area is 84.5 Å².